The van der Waals surface area contributed by atoms with Crippen molar-refractivity contribution >= 4 is 18.2 Å². The fourth-order valence-electron chi connectivity index (χ4n) is 0.907. The molecule has 1 aromatic rings. The van der Waals surface area contributed by atoms with E-state index in [-0.39, 0.29) is 18.1 Å². The maximum absolute atomic E-state index is 9.92. The van der Waals surface area contributed by atoms with Gasteiger partial charge < -0.3 is 30.7 Å². The first-order valence-electron chi connectivity index (χ1n) is 5.14. The van der Waals surface area contributed by atoms with Gasteiger partial charge in [0.05, 0.1) is 6.61 Å². The van der Waals surface area contributed by atoms with Crippen LogP contribution in [0.25, 0.3) is 0 Å². The number of primary amides is 1. The van der Waals surface area contributed by atoms with Crippen molar-refractivity contribution in [2.75, 3.05) is 25.6 Å². The van der Waals surface area contributed by atoms with Gasteiger partial charge in [-0.2, -0.15) is 0 Å². The van der Waals surface area contributed by atoms with Crippen LogP contribution >= 0.6 is 0 Å². The predicted octanol–water partition coefficient (Wildman–Crippen LogP) is 0.394. The van der Waals surface area contributed by atoms with Gasteiger partial charge in [0.25, 0.3) is 0 Å². The molecule has 0 heterocycles. The third-order valence-corrected chi connectivity index (χ3v) is 1.73. The van der Waals surface area contributed by atoms with Crippen LogP contribution in [0, 0.1) is 0 Å². The zero-order valence-electron chi connectivity index (χ0n) is 10.3. The van der Waals surface area contributed by atoms with Gasteiger partial charge in [-0.05, 0) is 12.1 Å². The number of phenols is 2. The lowest BCUT2D eigenvalue weighted by molar-refractivity contribution is -0.105. The Bertz CT molecular complexity index is 410. The SMILES string of the molecule is COCCOC(N)=O.O=CNc1ccc(O)c(O)c1. The number of carbonyl (C=O) groups excluding carboxylic acids is 2. The van der Waals surface area contributed by atoms with Crippen LogP contribution in [0.1, 0.15) is 0 Å². The molecule has 0 aromatic heterocycles. The number of nitrogens with one attached hydrogen (secondary N) is 1. The number of amides is 2. The summed E-state index contributed by atoms with van der Waals surface area (Å²) in [6, 6.07) is 4.02. The van der Waals surface area contributed by atoms with Crippen molar-refractivity contribution in [2.45, 2.75) is 0 Å². The zero-order chi connectivity index (χ0) is 14.7. The lowest BCUT2D eigenvalue weighted by Crippen LogP contribution is -2.15. The van der Waals surface area contributed by atoms with Crippen LogP contribution < -0.4 is 11.1 Å². The molecule has 0 aliphatic rings. The van der Waals surface area contributed by atoms with Gasteiger partial charge in [-0.3, -0.25) is 4.79 Å². The monoisotopic (exact) mass is 272 g/mol. The first-order chi connectivity index (χ1) is 9.01. The minimum atomic E-state index is -0.762. The van der Waals surface area contributed by atoms with E-state index in [1.54, 1.807) is 0 Å². The lowest BCUT2D eigenvalue weighted by atomic mass is 10.3. The van der Waals surface area contributed by atoms with Gasteiger partial charge in [0.1, 0.15) is 6.61 Å². The molecule has 5 N–H and O–H groups in total. The molecule has 0 radical (unpaired) electrons. The molecule has 0 aliphatic heterocycles. The number of ether oxygens (including phenoxy) is 2. The van der Waals surface area contributed by atoms with E-state index in [2.05, 4.69) is 20.5 Å². The van der Waals surface area contributed by atoms with E-state index in [1.807, 2.05) is 0 Å². The molecule has 0 atom stereocenters. The number of benzene rings is 1. The molecule has 19 heavy (non-hydrogen) atoms. The number of anilines is 1. The summed E-state index contributed by atoms with van der Waals surface area (Å²) in [6.07, 6.45) is -0.270. The van der Waals surface area contributed by atoms with Gasteiger partial charge in [0.2, 0.25) is 6.41 Å². The summed E-state index contributed by atoms with van der Waals surface area (Å²) < 4.78 is 8.86. The van der Waals surface area contributed by atoms with Crippen molar-refractivity contribution < 1.29 is 29.3 Å². The zero-order valence-corrected chi connectivity index (χ0v) is 10.3. The highest BCUT2D eigenvalue weighted by atomic mass is 16.6. The highest BCUT2D eigenvalue weighted by Crippen LogP contribution is 2.26. The Kier molecular flexibility index (Phi) is 8.29. The largest absolute Gasteiger partial charge is 0.504 e. The van der Waals surface area contributed by atoms with Crippen molar-refractivity contribution in [3.8, 4) is 11.5 Å². The van der Waals surface area contributed by atoms with Gasteiger partial charge in [-0.15, -0.1) is 0 Å². The maximum atomic E-state index is 9.92. The van der Waals surface area contributed by atoms with Gasteiger partial charge in [0.15, 0.2) is 11.5 Å². The van der Waals surface area contributed by atoms with Gasteiger partial charge in [-0.1, -0.05) is 0 Å². The number of phenolic OH excluding ortho intramolecular Hbond substituents is 2. The first-order valence-corrected chi connectivity index (χ1v) is 5.14. The summed E-state index contributed by atoms with van der Waals surface area (Å²) >= 11 is 0. The van der Waals surface area contributed by atoms with Gasteiger partial charge in [-0.25, -0.2) is 4.79 Å². The normalized spacial score (nSPS) is 8.89. The molecule has 1 aromatic carbocycles. The Morgan fingerprint density at radius 1 is 1.37 bits per heavy atom. The number of rotatable bonds is 5. The third kappa shape index (κ3) is 8.27. The Labute approximate surface area is 109 Å². The van der Waals surface area contributed by atoms with Crippen LogP contribution in [0.15, 0.2) is 18.2 Å². The summed E-state index contributed by atoms with van der Waals surface area (Å²) in [5, 5.41) is 20.1. The quantitative estimate of drug-likeness (QED) is 0.265. The standard InChI is InChI=1S/C7H7NO3.C4H9NO3/c9-4-8-5-1-2-6(10)7(11)3-5;1-7-2-3-8-4(5)6/h1-4,10-11H,(H,8,9);2-3H2,1H3,(H2,5,6). The van der Waals surface area contributed by atoms with Crippen molar-refractivity contribution in [1.82, 2.24) is 0 Å². The van der Waals surface area contributed by atoms with E-state index in [0.29, 0.717) is 18.7 Å². The molecule has 1 rings (SSSR count). The number of aromatic hydroxyl groups is 2. The van der Waals surface area contributed by atoms with Crippen molar-refractivity contribution in [3.63, 3.8) is 0 Å². The van der Waals surface area contributed by atoms with Crippen LogP contribution in [0.2, 0.25) is 0 Å². The molecule has 8 nitrogen and oxygen atoms in total. The fraction of sp³-hybridized carbons (Fsp3) is 0.273. The topological polar surface area (TPSA) is 131 Å². The van der Waals surface area contributed by atoms with E-state index in [4.69, 9.17) is 10.2 Å². The predicted molar refractivity (Wildman–Crippen MR) is 66.9 cm³/mol. The Morgan fingerprint density at radius 3 is 2.53 bits per heavy atom. The fourth-order valence-corrected chi connectivity index (χ4v) is 0.907. The number of hydrogen-bond donors (Lipinski definition) is 4. The van der Waals surface area contributed by atoms with Crippen LogP contribution in [-0.4, -0.2) is 43.0 Å². The molecule has 0 fully saturated rings. The number of nitrogens with two attached hydrogens (primary N) is 1. The molecule has 0 saturated carbocycles. The molecule has 0 aliphatic carbocycles. The summed E-state index contributed by atoms with van der Waals surface area (Å²) in [6.45, 7) is 0.620. The van der Waals surface area contributed by atoms with E-state index in [0.717, 1.165) is 0 Å². The highest BCUT2D eigenvalue weighted by Gasteiger charge is 1.98. The Hall–Kier alpha value is -2.48. The molecule has 0 spiro atoms. The van der Waals surface area contributed by atoms with Crippen molar-refractivity contribution in [1.29, 1.82) is 0 Å². The molecule has 106 valence electrons. The minimum absolute atomic E-state index is 0.207. The molecular formula is C11H16N2O6. The van der Waals surface area contributed by atoms with Crippen molar-refractivity contribution in [3.05, 3.63) is 18.2 Å². The summed E-state index contributed by atoms with van der Waals surface area (Å²) in [5.74, 6) is -0.460. The first kappa shape index (κ1) is 16.5. The number of hydrogen-bond acceptors (Lipinski definition) is 6. The average molecular weight is 272 g/mol. The second-order valence-corrected chi connectivity index (χ2v) is 3.13. The van der Waals surface area contributed by atoms with E-state index in [1.165, 1.54) is 25.3 Å². The molecular weight excluding hydrogens is 256 g/mol. The van der Waals surface area contributed by atoms with Gasteiger partial charge in [0, 0.05) is 18.9 Å². The van der Waals surface area contributed by atoms with Crippen LogP contribution in [-0.2, 0) is 14.3 Å². The third-order valence-electron chi connectivity index (χ3n) is 1.73. The second kappa shape index (κ2) is 9.54. The Balaban J connectivity index is 0.000000362. The summed E-state index contributed by atoms with van der Waals surface area (Å²) in [4.78, 5) is 19.7. The molecule has 0 saturated heterocycles. The van der Waals surface area contributed by atoms with Crippen LogP contribution in [0.3, 0.4) is 0 Å². The van der Waals surface area contributed by atoms with Gasteiger partial charge >= 0.3 is 6.09 Å². The highest BCUT2D eigenvalue weighted by molar-refractivity contribution is 5.72. The maximum Gasteiger partial charge on any atom is 0.404 e. The van der Waals surface area contributed by atoms with Crippen LogP contribution in [0.4, 0.5) is 10.5 Å². The average Bonchev–Trinajstić information content (AvgIpc) is 2.35. The van der Waals surface area contributed by atoms with E-state index >= 15 is 0 Å². The smallest absolute Gasteiger partial charge is 0.404 e. The molecule has 8 heteroatoms. The van der Waals surface area contributed by atoms with E-state index < -0.39 is 6.09 Å². The number of methoxy groups -OCH3 is 1. The number of carbonyl (C=O) groups is 2. The summed E-state index contributed by atoms with van der Waals surface area (Å²) in [5.41, 5.74) is 5.06. The Morgan fingerprint density at radius 2 is 2.05 bits per heavy atom. The lowest BCUT2D eigenvalue weighted by Gasteiger charge is -1.99. The van der Waals surface area contributed by atoms with E-state index in [9.17, 15) is 9.59 Å². The van der Waals surface area contributed by atoms with Crippen LogP contribution in [0.5, 0.6) is 11.5 Å². The second-order valence-electron chi connectivity index (χ2n) is 3.13. The molecule has 0 unspecified atom stereocenters. The molecule has 0 bridgehead atoms. The summed E-state index contributed by atoms with van der Waals surface area (Å²) in [7, 11) is 1.52. The minimum Gasteiger partial charge on any atom is -0.504 e. The molecule has 2 amide bonds. The van der Waals surface area contributed by atoms with Crippen molar-refractivity contribution in [2.24, 2.45) is 5.73 Å².